The molecule has 2 aromatic rings. The molecular weight excluding hydrogens is 260 g/mol. The second-order valence-electron chi connectivity index (χ2n) is 4.26. The lowest BCUT2D eigenvalue weighted by Gasteiger charge is -2.11. The first-order valence-corrected chi connectivity index (χ1v) is 6.01. The summed E-state index contributed by atoms with van der Waals surface area (Å²) < 4.78 is 15.8. The third-order valence-electron chi connectivity index (χ3n) is 3.14. The number of carboxylic acid groups (broad SMARTS) is 1. The number of fused-ring (bicyclic) bond motifs is 1. The van der Waals surface area contributed by atoms with Gasteiger partial charge in [-0.25, -0.2) is 4.79 Å². The minimum atomic E-state index is -1.02. The van der Waals surface area contributed by atoms with E-state index in [-0.39, 0.29) is 12.4 Å². The van der Waals surface area contributed by atoms with Crippen molar-refractivity contribution in [2.24, 2.45) is 0 Å². The van der Waals surface area contributed by atoms with Gasteiger partial charge in [0.05, 0.1) is 12.7 Å². The Balaban J connectivity index is 2.24. The normalized spacial score (nSPS) is 12.2. The molecule has 0 saturated heterocycles. The monoisotopic (exact) mass is 272 g/mol. The van der Waals surface area contributed by atoms with Crippen molar-refractivity contribution >= 4 is 5.97 Å². The van der Waals surface area contributed by atoms with Crippen LogP contribution in [0.1, 0.15) is 10.4 Å². The summed E-state index contributed by atoms with van der Waals surface area (Å²) in [5, 5.41) is 9.38. The van der Waals surface area contributed by atoms with Gasteiger partial charge in [-0.15, -0.1) is 0 Å². The SMILES string of the molecule is COc1ccccc1-c1cc2c(cc1C(=O)O)OCO2. The molecule has 0 fully saturated rings. The highest BCUT2D eigenvalue weighted by Crippen LogP contribution is 2.41. The molecule has 102 valence electrons. The number of carbonyl (C=O) groups is 1. The lowest BCUT2D eigenvalue weighted by atomic mass is 9.98. The zero-order chi connectivity index (χ0) is 14.1. The molecule has 2 aromatic carbocycles. The minimum Gasteiger partial charge on any atom is -0.496 e. The molecule has 0 saturated carbocycles. The average Bonchev–Trinajstić information content (AvgIpc) is 2.93. The Kier molecular flexibility index (Phi) is 2.95. The van der Waals surface area contributed by atoms with Gasteiger partial charge in [0.15, 0.2) is 11.5 Å². The number of carboxylic acids is 1. The molecule has 1 N–H and O–H groups in total. The predicted molar refractivity (Wildman–Crippen MR) is 71.5 cm³/mol. The van der Waals surface area contributed by atoms with Crippen LogP contribution in [0.2, 0.25) is 0 Å². The number of hydrogen-bond acceptors (Lipinski definition) is 4. The Morgan fingerprint density at radius 2 is 1.85 bits per heavy atom. The molecule has 1 aliphatic rings. The van der Waals surface area contributed by atoms with Gasteiger partial charge >= 0.3 is 5.97 Å². The van der Waals surface area contributed by atoms with Crippen LogP contribution in [0.25, 0.3) is 11.1 Å². The molecule has 0 atom stereocenters. The first-order chi connectivity index (χ1) is 9.70. The number of para-hydroxylation sites is 1. The van der Waals surface area contributed by atoms with Gasteiger partial charge in [0.25, 0.3) is 0 Å². The highest BCUT2D eigenvalue weighted by molar-refractivity contribution is 5.98. The summed E-state index contributed by atoms with van der Waals surface area (Å²) in [7, 11) is 1.55. The van der Waals surface area contributed by atoms with E-state index in [2.05, 4.69) is 0 Å². The summed E-state index contributed by atoms with van der Waals surface area (Å²) >= 11 is 0. The molecule has 0 amide bonds. The van der Waals surface area contributed by atoms with Gasteiger partial charge < -0.3 is 19.3 Å². The van der Waals surface area contributed by atoms with Crippen molar-refractivity contribution in [2.45, 2.75) is 0 Å². The number of benzene rings is 2. The molecule has 5 heteroatoms. The van der Waals surface area contributed by atoms with Gasteiger partial charge in [-0.3, -0.25) is 0 Å². The highest BCUT2D eigenvalue weighted by atomic mass is 16.7. The molecule has 0 unspecified atom stereocenters. The largest absolute Gasteiger partial charge is 0.496 e. The summed E-state index contributed by atoms with van der Waals surface area (Å²) in [5.41, 5.74) is 1.39. The number of methoxy groups -OCH3 is 1. The van der Waals surface area contributed by atoms with Crippen LogP contribution < -0.4 is 14.2 Å². The Morgan fingerprint density at radius 1 is 1.15 bits per heavy atom. The van der Waals surface area contributed by atoms with E-state index < -0.39 is 5.97 Å². The molecule has 3 rings (SSSR count). The molecule has 0 bridgehead atoms. The van der Waals surface area contributed by atoms with E-state index in [1.165, 1.54) is 6.07 Å². The fourth-order valence-corrected chi connectivity index (χ4v) is 2.21. The van der Waals surface area contributed by atoms with Crippen molar-refractivity contribution in [2.75, 3.05) is 13.9 Å². The van der Waals surface area contributed by atoms with Crippen molar-refractivity contribution in [1.29, 1.82) is 0 Å². The van der Waals surface area contributed by atoms with Gasteiger partial charge in [0, 0.05) is 11.1 Å². The van der Waals surface area contributed by atoms with E-state index in [1.807, 2.05) is 18.2 Å². The summed E-state index contributed by atoms with van der Waals surface area (Å²) in [6, 6.07) is 10.4. The Labute approximate surface area is 115 Å². The molecule has 1 aliphatic heterocycles. The lowest BCUT2D eigenvalue weighted by Crippen LogP contribution is -2.00. The minimum absolute atomic E-state index is 0.101. The van der Waals surface area contributed by atoms with Crippen molar-refractivity contribution in [3.05, 3.63) is 42.0 Å². The molecule has 0 radical (unpaired) electrons. The van der Waals surface area contributed by atoms with Gasteiger partial charge in [-0.05, 0) is 18.2 Å². The van der Waals surface area contributed by atoms with Crippen molar-refractivity contribution in [3.8, 4) is 28.4 Å². The van der Waals surface area contributed by atoms with E-state index in [0.717, 1.165) is 0 Å². The molecule has 0 spiro atoms. The van der Waals surface area contributed by atoms with Gasteiger partial charge in [-0.2, -0.15) is 0 Å². The van der Waals surface area contributed by atoms with Crippen molar-refractivity contribution < 1.29 is 24.1 Å². The quantitative estimate of drug-likeness (QED) is 0.930. The smallest absolute Gasteiger partial charge is 0.336 e. The second-order valence-corrected chi connectivity index (χ2v) is 4.26. The van der Waals surface area contributed by atoms with Crippen LogP contribution in [-0.2, 0) is 0 Å². The van der Waals surface area contributed by atoms with Crippen molar-refractivity contribution in [3.63, 3.8) is 0 Å². The van der Waals surface area contributed by atoms with Gasteiger partial charge in [-0.1, -0.05) is 18.2 Å². The van der Waals surface area contributed by atoms with E-state index in [4.69, 9.17) is 14.2 Å². The zero-order valence-electron chi connectivity index (χ0n) is 10.8. The molecular formula is C15H12O5. The predicted octanol–water partition coefficient (Wildman–Crippen LogP) is 2.79. The van der Waals surface area contributed by atoms with Gasteiger partial charge in [0.2, 0.25) is 6.79 Å². The van der Waals surface area contributed by atoms with Crippen molar-refractivity contribution in [1.82, 2.24) is 0 Å². The van der Waals surface area contributed by atoms with E-state index >= 15 is 0 Å². The Morgan fingerprint density at radius 3 is 2.55 bits per heavy atom. The van der Waals surface area contributed by atoms with Crippen LogP contribution in [0.5, 0.6) is 17.2 Å². The van der Waals surface area contributed by atoms with Crippen LogP contribution in [0.15, 0.2) is 36.4 Å². The Hall–Kier alpha value is -2.69. The number of aromatic carboxylic acids is 1. The number of hydrogen-bond donors (Lipinski definition) is 1. The maximum absolute atomic E-state index is 11.5. The van der Waals surface area contributed by atoms with E-state index in [0.29, 0.717) is 28.4 Å². The fraction of sp³-hybridized carbons (Fsp3) is 0.133. The van der Waals surface area contributed by atoms with Crippen LogP contribution in [-0.4, -0.2) is 25.0 Å². The Bertz CT molecular complexity index is 678. The van der Waals surface area contributed by atoms with E-state index in [1.54, 1.807) is 19.2 Å². The second kappa shape index (κ2) is 4.77. The summed E-state index contributed by atoms with van der Waals surface area (Å²) in [5.74, 6) is 0.565. The molecule has 5 nitrogen and oxygen atoms in total. The molecule has 0 aromatic heterocycles. The molecule has 1 heterocycles. The highest BCUT2D eigenvalue weighted by Gasteiger charge is 2.22. The first-order valence-electron chi connectivity index (χ1n) is 6.01. The maximum Gasteiger partial charge on any atom is 0.336 e. The van der Waals surface area contributed by atoms with Crippen LogP contribution in [0, 0.1) is 0 Å². The summed E-state index contributed by atoms with van der Waals surface area (Å²) in [6.45, 7) is 0.101. The third kappa shape index (κ3) is 1.93. The van der Waals surface area contributed by atoms with Crippen LogP contribution in [0.4, 0.5) is 0 Å². The first kappa shape index (κ1) is 12.3. The molecule has 0 aliphatic carbocycles. The average molecular weight is 272 g/mol. The maximum atomic E-state index is 11.5. The number of rotatable bonds is 3. The fourth-order valence-electron chi connectivity index (χ4n) is 2.21. The summed E-state index contributed by atoms with van der Waals surface area (Å²) in [6.07, 6.45) is 0. The number of ether oxygens (including phenoxy) is 3. The summed E-state index contributed by atoms with van der Waals surface area (Å²) in [4.78, 5) is 11.5. The standard InChI is InChI=1S/C15H12O5/c1-18-12-5-3-2-4-9(12)10-6-13-14(20-8-19-13)7-11(10)15(16)17/h2-7H,8H2,1H3,(H,16,17). The zero-order valence-corrected chi connectivity index (χ0v) is 10.8. The molecule has 20 heavy (non-hydrogen) atoms. The van der Waals surface area contributed by atoms with Gasteiger partial charge in [0.1, 0.15) is 5.75 Å². The van der Waals surface area contributed by atoms with Crippen LogP contribution >= 0.6 is 0 Å². The van der Waals surface area contributed by atoms with Crippen LogP contribution in [0.3, 0.4) is 0 Å². The third-order valence-corrected chi connectivity index (χ3v) is 3.14. The van der Waals surface area contributed by atoms with E-state index in [9.17, 15) is 9.90 Å². The topological polar surface area (TPSA) is 65.0 Å². The lowest BCUT2D eigenvalue weighted by molar-refractivity contribution is 0.0697.